The molecule has 0 amide bonds. The van der Waals surface area contributed by atoms with Gasteiger partial charge in [0, 0.05) is 26.7 Å². The van der Waals surface area contributed by atoms with Crippen LogP contribution >= 0.6 is 0 Å². The first-order valence-electron chi connectivity index (χ1n) is 8.60. The molecule has 0 radical (unpaired) electrons. The summed E-state index contributed by atoms with van der Waals surface area (Å²) in [6.45, 7) is 4.84. The minimum absolute atomic E-state index is 0.219. The quantitative estimate of drug-likeness (QED) is 0.813. The van der Waals surface area contributed by atoms with Crippen molar-refractivity contribution in [2.45, 2.75) is 51.8 Å². The average Bonchev–Trinajstić information content (AvgIpc) is 2.86. The second-order valence-corrected chi connectivity index (χ2v) is 6.53. The normalized spacial score (nSPS) is 17.0. The van der Waals surface area contributed by atoms with Crippen molar-refractivity contribution in [3.63, 3.8) is 0 Å². The van der Waals surface area contributed by atoms with Gasteiger partial charge in [-0.25, -0.2) is 9.78 Å². The molecule has 8 nitrogen and oxygen atoms in total. The van der Waals surface area contributed by atoms with E-state index in [-0.39, 0.29) is 6.10 Å². The number of aliphatic hydroxyl groups is 1. The molecular weight excluding hydrogens is 310 g/mol. The molecule has 24 heavy (non-hydrogen) atoms. The van der Waals surface area contributed by atoms with Crippen molar-refractivity contribution in [3.05, 3.63) is 26.7 Å². The number of imidazole rings is 1. The number of fused-ring (bicyclic) bond motifs is 1. The van der Waals surface area contributed by atoms with Crippen molar-refractivity contribution in [2.75, 3.05) is 13.1 Å². The van der Waals surface area contributed by atoms with E-state index < -0.39 is 11.2 Å². The first-order chi connectivity index (χ1) is 11.5. The Kier molecular flexibility index (Phi) is 4.86. The van der Waals surface area contributed by atoms with Gasteiger partial charge in [-0.15, -0.1) is 0 Å². The number of nitrogens with one attached hydrogen (secondary N) is 1. The van der Waals surface area contributed by atoms with Gasteiger partial charge in [0.25, 0.3) is 5.56 Å². The monoisotopic (exact) mass is 335 g/mol. The summed E-state index contributed by atoms with van der Waals surface area (Å²) in [5.74, 6) is 0.766. The van der Waals surface area contributed by atoms with Crippen LogP contribution in [-0.4, -0.2) is 48.3 Å². The van der Waals surface area contributed by atoms with Crippen molar-refractivity contribution in [1.29, 1.82) is 0 Å². The van der Waals surface area contributed by atoms with Crippen molar-refractivity contribution in [3.8, 4) is 0 Å². The molecule has 0 aliphatic carbocycles. The highest BCUT2D eigenvalue weighted by molar-refractivity contribution is 5.70. The van der Waals surface area contributed by atoms with E-state index in [0.717, 1.165) is 44.6 Å². The third kappa shape index (κ3) is 3.16. The number of nitrogens with zero attached hydrogens (tertiary/aromatic N) is 4. The predicted octanol–water partition coefficient (Wildman–Crippen LogP) is 0.180. The Morgan fingerprint density at radius 1 is 1.29 bits per heavy atom. The maximum atomic E-state index is 12.2. The highest BCUT2D eigenvalue weighted by Crippen LogP contribution is 2.16. The fourth-order valence-corrected chi connectivity index (χ4v) is 3.23. The molecule has 8 heteroatoms. The molecule has 0 unspecified atom stereocenters. The molecule has 1 aliphatic rings. The average molecular weight is 335 g/mol. The summed E-state index contributed by atoms with van der Waals surface area (Å²) >= 11 is 0. The van der Waals surface area contributed by atoms with Gasteiger partial charge >= 0.3 is 5.69 Å². The molecule has 1 fully saturated rings. The lowest BCUT2D eigenvalue weighted by atomic mass is 10.1. The van der Waals surface area contributed by atoms with Crippen LogP contribution in [0.3, 0.4) is 0 Å². The van der Waals surface area contributed by atoms with E-state index in [1.165, 1.54) is 0 Å². The summed E-state index contributed by atoms with van der Waals surface area (Å²) < 4.78 is 3.34. The van der Waals surface area contributed by atoms with Gasteiger partial charge in [0.15, 0.2) is 11.2 Å². The Hall–Kier alpha value is -1.93. The van der Waals surface area contributed by atoms with E-state index in [9.17, 15) is 14.7 Å². The van der Waals surface area contributed by atoms with Gasteiger partial charge in [-0.1, -0.05) is 13.3 Å². The van der Waals surface area contributed by atoms with Crippen LogP contribution in [0.2, 0.25) is 0 Å². The Labute approximate surface area is 139 Å². The topological polar surface area (TPSA) is 96.2 Å². The lowest BCUT2D eigenvalue weighted by molar-refractivity contribution is 0.0777. The van der Waals surface area contributed by atoms with Gasteiger partial charge in [0.2, 0.25) is 0 Å². The number of H-pyrrole nitrogens is 1. The third-order valence-corrected chi connectivity index (χ3v) is 4.76. The number of aliphatic hydroxyl groups excluding tert-OH is 1. The fourth-order valence-electron chi connectivity index (χ4n) is 3.23. The number of aromatic amines is 1. The predicted molar refractivity (Wildman–Crippen MR) is 91.0 cm³/mol. The molecule has 1 aliphatic heterocycles. The van der Waals surface area contributed by atoms with Crippen LogP contribution in [-0.2, 0) is 20.1 Å². The molecule has 3 heterocycles. The molecule has 2 aromatic heterocycles. The zero-order valence-electron chi connectivity index (χ0n) is 14.3. The van der Waals surface area contributed by atoms with Crippen molar-refractivity contribution < 1.29 is 5.11 Å². The number of unbranched alkanes of at least 4 members (excludes halogenated alkanes) is 1. The molecular formula is C16H25N5O3. The zero-order valence-corrected chi connectivity index (χ0v) is 14.3. The second kappa shape index (κ2) is 6.90. The van der Waals surface area contributed by atoms with Crippen molar-refractivity contribution >= 4 is 11.2 Å². The maximum Gasteiger partial charge on any atom is 0.330 e. The highest BCUT2D eigenvalue weighted by atomic mass is 16.3. The van der Waals surface area contributed by atoms with E-state index in [1.54, 1.807) is 9.13 Å². The maximum absolute atomic E-state index is 12.2. The smallest absolute Gasteiger partial charge is 0.330 e. The van der Waals surface area contributed by atoms with Crippen LogP contribution in [0.4, 0.5) is 0 Å². The Morgan fingerprint density at radius 2 is 2.00 bits per heavy atom. The van der Waals surface area contributed by atoms with Gasteiger partial charge in [0.1, 0.15) is 5.82 Å². The van der Waals surface area contributed by atoms with Crippen LogP contribution in [0.1, 0.15) is 38.4 Å². The van der Waals surface area contributed by atoms with Crippen LogP contribution in [0.15, 0.2) is 9.59 Å². The van der Waals surface area contributed by atoms with Gasteiger partial charge in [-0.05, 0) is 19.3 Å². The number of hydrogen-bond donors (Lipinski definition) is 2. The van der Waals surface area contributed by atoms with E-state index >= 15 is 0 Å². The molecule has 0 bridgehead atoms. The molecule has 0 spiro atoms. The van der Waals surface area contributed by atoms with Crippen LogP contribution < -0.4 is 11.2 Å². The molecule has 132 valence electrons. The van der Waals surface area contributed by atoms with Gasteiger partial charge in [-0.2, -0.15) is 0 Å². The summed E-state index contributed by atoms with van der Waals surface area (Å²) in [6.07, 6.45) is 3.11. The number of hydrogen-bond acceptors (Lipinski definition) is 5. The second-order valence-electron chi connectivity index (χ2n) is 6.53. The van der Waals surface area contributed by atoms with E-state index in [2.05, 4.69) is 21.8 Å². The van der Waals surface area contributed by atoms with E-state index in [0.29, 0.717) is 24.3 Å². The first kappa shape index (κ1) is 16.9. The van der Waals surface area contributed by atoms with Gasteiger partial charge in [0.05, 0.1) is 12.6 Å². The number of aromatic nitrogens is 4. The van der Waals surface area contributed by atoms with E-state index in [4.69, 9.17) is 0 Å². The SMILES string of the molecule is CCCCn1c(=O)[nH]c(=O)c2c1nc(CN1CCC(O)CC1)n2C. The molecule has 2 N–H and O–H groups in total. The zero-order chi connectivity index (χ0) is 17.3. The van der Waals surface area contributed by atoms with Crippen molar-refractivity contribution in [2.24, 2.45) is 7.05 Å². The molecule has 0 saturated carbocycles. The van der Waals surface area contributed by atoms with Gasteiger partial charge < -0.3 is 9.67 Å². The van der Waals surface area contributed by atoms with Crippen molar-refractivity contribution in [1.82, 2.24) is 24.0 Å². The molecule has 0 atom stereocenters. The van der Waals surface area contributed by atoms with E-state index in [1.807, 2.05) is 7.05 Å². The first-order valence-corrected chi connectivity index (χ1v) is 8.60. The molecule has 1 saturated heterocycles. The van der Waals surface area contributed by atoms with Crippen LogP contribution in [0.5, 0.6) is 0 Å². The summed E-state index contributed by atoms with van der Waals surface area (Å²) in [5, 5.41) is 9.62. The Balaban J connectivity index is 1.98. The molecule has 2 aromatic rings. The lowest BCUT2D eigenvalue weighted by Crippen LogP contribution is -2.36. The number of piperidine rings is 1. The summed E-state index contributed by atoms with van der Waals surface area (Å²) in [7, 11) is 1.81. The molecule has 3 rings (SSSR count). The number of rotatable bonds is 5. The third-order valence-electron chi connectivity index (χ3n) is 4.76. The Bertz CT molecular complexity index is 827. The number of likely N-dealkylation sites (tertiary alicyclic amines) is 1. The summed E-state index contributed by atoms with van der Waals surface area (Å²) in [6, 6.07) is 0. The Morgan fingerprint density at radius 3 is 2.67 bits per heavy atom. The summed E-state index contributed by atoms with van der Waals surface area (Å²) in [5.41, 5.74) is 0.120. The minimum atomic E-state index is -0.397. The standard InChI is InChI=1S/C16H25N5O3/c1-3-4-7-21-14-13(15(23)18-16(21)24)19(2)12(17-14)10-20-8-5-11(22)6-9-20/h11,22H,3-10H2,1-2H3,(H,18,23,24). The van der Waals surface area contributed by atoms with Crippen LogP contribution in [0.25, 0.3) is 11.2 Å². The fraction of sp³-hybridized carbons (Fsp3) is 0.688. The molecule has 0 aromatic carbocycles. The van der Waals surface area contributed by atoms with Crippen LogP contribution in [0, 0.1) is 0 Å². The highest BCUT2D eigenvalue weighted by Gasteiger charge is 2.21. The van der Waals surface area contributed by atoms with Gasteiger partial charge in [-0.3, -0.25) is 19.2 Å². The lowest BCUT2D eigenvalue weighted by Gasteiger charge is -2.28. The summed E-state index contributed by atoms with van der Waals surface area (Å²) in [4.78, 5) is 33.6. The number of aryl methyl sites for hydroxylation is 2. The largest absolute Gasteiger partial charge is 0.393 e. The minimum Gasteiger partial charge on any atom is -0.393 e.